The smallest absolute Gasteiger partial charge is 0.264 e. The number of hydrogen-bond donors (Lipinski definition) is 2. The Labute approximate surface area is 165 Å². The number of benzene rings is 2. The topological polar surface area (TPSA) is 75.3 Å². The largest absolute Gasteiger partial charge is 0.378 e. The summed E-state index contributed by atoms with van der Waals surface area (Å²) in [5.41, 5.74) is 3.41. The summed E-state index contributed by atoms with van der Waals surface area (Å²) in [6.45, 7) is 1.22. The molecule has 0 aromatic heterocycles. The lowest BCUT2D eigenvalue weighted by atomic mass is 9.68. The van der Waals surface area contributed by atoms with Gasteiger partial charge in [-0.2, -0.15) is 0 Å². The van der Waals surface area contributed by atoms with Gasteiger partial charge in [0.1, 0.15) is 0 Å². The number of carbonyl (C=O) groups excluding carboxylic acids is 1. The molecule has 5 unspecified atom stereocenters. The maximum atomic E-state index is 12.5. The van der Waals surface area contributed by atoms with E-state index in [1.807, 2.05) is 12.1 Å². The Morgan fingerprint density at radius 3 is 2.57 bits per heavy atom. The molecule has 146 valence electrons. The molecule has 5 atom stereocenters. The molecular weight excluding hydrogens is 372 g/mol. The summed E-state index contributed by atoms with van der Waals surface area (Å²) in [6, 6.07) is 16.1. The lowest BCUT2D eigenvalue weighted by Gasteiger charge is -2.43. The third-order valence-electron chi connectivity index (χ3n) is 6.81. The lowest BCUT2D eigenvalue weighted by molar-refractivity contribution is -0.117. The molecule has 2 fully saturated rings. The van der Waals surface area contributed by atoms with Crippen LogP contribution in [0, 0.1) is 17.8 Å². The third kappa shape index (κ3) is 2.73. The van der Waals surface area contributed by atoms with Crippen LogP contribution in [0.25, 0.3) is 0 Å². The first-order valence-corrected chi connectivity index (χ1v) is 11.4. The first-order chi connectivity index (χ1) is 13.4. The molecule has 0 radical (unpaired) electrons. The van der Waals surface area contributed by atoms with Crippen molar-refractivity contribution in [1.82, 2.24) is 4.72 Å². The zero-order valence-electron chi connectivity index (χ0n) is 15.8. The van der Waals surface area contributed by atoms with Crippen molar-refractivity contribution < 1.29 is 13.2 Å². The van der Waals surface area contributed by atoms with Gasteiger partial charge in [-0.05, 0) is 72.3 Å². The van der Waals surface area contributed by atoms with Gasteiger partial charge in [0.05, 0.1) is 10.9 Å². The van der Waals surface area contributed by atoms with Crippen LogP contribution in [-0.4, -0.2) is 14.3 Å². The Kier molecular flexibility index (Phi) is 4.02. The van der Waals surface area contributed by atoms with Crippen LogP contribution in [0.5, 0.6) is 0 Å². The molecule has 1 heterocycles. The van der Waals surface area contributed by atoms with Crippen LogP contribution in [0.2, 0.25) is 0 Å². The standard InChI is InChI=1S/C22H24N2O3S/c1-13(25)24-28(26,27)17-9-10-19-18(12-17)20-15-7-8-16(11-15)21(20)22(23-19)14-5-3-2-4-6-14/h2-6,9-10,12,15-16,20-23H,7-8,11H2,1H3,(H,24,25). The maximum absolute atomic E-state index is 12.5. The van der Waals surface area contributed by atoms with Gasteiger partial charge in [0.2, 0.25) is 5.91 Å². The normalized spacial score (nSPS) is 30.2. The molecule has 2 bridgehead atoms. The number of rotatable bonds is 3. The number of nitrogens with one attached hydrogen (secondary N) is 2. The predicted octanol–water partition coefficient (Wildman–Crippen LogP) is 3.81. The van der Waals surface area contributed by atoms with E-state index in [9.17, 15) is 13.2 Å². The molecule has 2 saturated carbocycles. The SMILES string of the molecule is CC(=O)NS(=O)(=O)c1ccc2c(c1)C1C3CCC(C3)C1C(c1ccccc1)N2. The van der Waals surface area contributed by atoms with Gasteiger partial charge >= 0.3 is 0 Å². The summed E-state index contributed by atoms with van der Waals surface area (Å²) >= 11 is 0. The molecule has 0 spiro atoms. The van der Waals surface area contributed by atoms with E-state index in [0.29, 0.717) is 23.7 Å². The van der Waals surface area contributed by atoms with Gasteiger partial charge in [-0.3, -0.25) is 4.79 Å². The monoisotopic (exact) mass is 396 g/mol. The molecule has 0 saturated heterocycles. The van der Waals surface area contributed by atoms with Crippen molar-refractivity contribution in [3.8, 4) is 0 Å². The lowest BCUT2D eigenvalue weighted by Crippen LogP contribution is -2.36. The Morgan fingerprint density at radius 2 is 1.82 bits per heavy atom. The van der Waals surface area contributed by atoms with Gasteiger partial charge in [0, 0.05) is 12.6 Å². The number of sulfonamides is 1. The minimum atomic E-state index is -3.83. The van der Waals surface area contributed by atoms with Crippen molar-refractivity contribution in [3.05, 3.63) is 59.7 Å². The fraction of sp³-hybridized carbons (Fsp3) is 0.409. The first kappa shape index (κ1) is 17.7. The van der Waals surface area contributed by atoms with Crippen LogP contribution in [0.4, 0.5) is 5.69 Å². The van der Waals surface area contributed by atoms with Crippen LogP contribution >= 0.6 is 0 Å². The zero-order chi connectivity index (χ0) is 19.5. The number of amides is 1. The molecule has 2 aromatic rings. The molecule has 2 N–H and O–H groups in total. The molecule has 28 heavy (non-hydrogen) atoms. The minimum absolute atomic E-state index is 0.169. The fourth-order valence-corrected chi connectivity index (χ4v) is 6.90. The van der Waals surface area contributed by atoms with E-state index in [0.717, 1.165) is 11.3 Å². The molecule has 5 rings (SSSR count). The summed E-state index contributed by atoms with van der Waals surface area (Å²) in [5.74, 6) is 1.56. The number of hydrogen-bond acceptors (Lipinski definition) is 4. The predicted molar refractivity (Wildman–Crippen MR) is 107 cm³/mol. The molecule has 3 aliphatic rings. The average Bonchev–Trinajstić information content (AvgIpc) is 3.29. The second kappa shape index (κ2) is 6.34. The van der Waals surface area contributed by atoms with E-state index in [-0.39, 0.29) is 10.9 Å². The quantitative estimate of drug-likeness (QED) is 0.827. The van der Waals surface area contributed by atoms with Crippen molar-refractivity contribution in [2.24, 2.45) is 17.8 Å². The second-order valence-corrected chi connectivity index (χ2v) is 10.1. The van der Waals surface area contributed by atoms with Gasteiger partial charge in [-0.25, -0.2) is 13.1 Å². The summed E-state index contributed by atoms with van der Waals surface area (Å²) in [7, 11) is -3.83. The molecule has 1 aliphatic heterocycles. The Hall–Kier alpha value is -2.34. The van der Waals surface area contributed by atoms with Crippen molar-refractivity contribution in [2.45, 2.75) is 43.0 Å². The van der Waals surface area contributed by atoms with Crippen molar-refractivity contribution in [1.29, 1.82) is 0 Å². The van der Waals surface area contributed by atoms with Crippen LogP contribution in [-0.2, 0) is 14.8 Å². The van der Waals surface area contributed by atoms with E-state index in [4.69, 9.17) is 0 Å². The molecule has 1 amide bonds. The number of anilines is 1. The summed E-state index contributed by atoms with van der Waals surface area (Å²) in [5, 5.41) is 3.71. The Morgan fingerprint density at radius 1 is 1.07 bits per heavy atom. The van der Waals surface area contributed by atoms with E-state index in [1.54, 1.807) is 12.1 Å². The van der Waals surface area contributed by atoms with Gasteiger partial charge in [0.25, 0.3) is 10.0 Å². The van der Waals surface area contributed by atoms with Crippen molar-refractivity contribution in [3.63, 3.8) is 0 Å². The van der Waals surface area contributed by atoms with Crippen LogP contribution in [0.15, 0.2) is 53.4 Å². The fourth-order valence-electron chi connectivity index (χ4n) is 5.87. The van der Waals surface area contributed by atoms with Crippen molar-refractivity contribution in [2.75, 3.05) is 5.32 Å². The number of fused-ring (bicyclic) bond motifs is 7. The van der Waals surface area contributed by atoms with Crippen LogP contribution in [0.1, 0.15) is 49.3 Å². The van der Waals surface area contributed by atoms with Crippen LogP contribution in [0.3, 0.4) is 0 Å². The van der Waals surface area contributed by atoms with Crippen molar-refractivity contribution >= 4 is 21.6 Å². The number of carbonyl (C=O) groups is 1. The van der Waals surface area contributed by atoms with E-state index < -0.39 is 15.9 Å². The van der Waals surface area contributed by atoms with Crippen LogP contribution < -0.4 is 10.0 Å². The first-order valence-electron chi connectivity index (χ1n) is 9.93. The Bertz CT molecular complexity index is 1040. The molecular formula is C22H24N2O3S. The van der Waals surface area contributed by atoms with Gasteiger partial charge < -0.3 is 5.32 Å². The molecule has 2 aromatic carbocycles. The average molecular weight is 397 g/mol. The van der Waals surface area contributed by atoms with E-state index >= 15 is 0 Å². The summed E-state index contributed by atoms with van der Waals surface area (Å²) in [4.78, 5) is 11.5. The van der Waals surface area contributed by atoms with E-state index in [2.05, 4.69) is 34.3 Å². The highest BCUT2D eigenvalue weighted by molar-refractivity contribution is 7.90. The minimum Gasteiger partial charge on any atom is -0.378 e. The second-order valence-electron chi connectivity index (χ2n) is 8.38. The molecule has 2 aliphatic carbocycles. The zero-order valence-corrected chi connectivity index (χ0v) is 16.6. The van der Waals surface area contributed by atoms with Gasteiger partial charge in [-0.15, -0.1) is 0 Å². The highest BCUT2D eigenvalue weighted by Gasteiger charge is 2.53. The Balaban J connectivity index is 1.60. The third-order valence-corrected chi connectivity index (χ3v) is 8.24. The van der Waals surface area contributed by atoms with E-state index in [1.165, 1.54) is 31.7 Å². The highest BCUT2D eigenvalue weighted by atomic mass is 32.2. The van der Waals surface area contributed by atoms with Gasteiger partial charge in [-0.1, -0.05) is 30.3 Å². The maximum Gasteiger partial charge on any atom is 0.264 e. The molecule has 6 heteroatoms. The summed E-state index contributed by atoms with van der Waals surface area (Å²) in [6.07, 6.45) is 3.70. The highest BCUT2D eigenvalue weighted by Crippen LogP contribution is 2.63. The van der Waals surface area contributed by atoms with Gasteiger partial charge in [0.15, 0.2) is 0 Å². The summed E-state index contributed by atoms with van der Waals surface area (Å²) < 4.78 is 27.1. The molecule has 5 nitrogen and oxygen atoms in total.